The molecule has 0 bridgehead atoms. The van der Waals surface area contributed by atoms with Crippen LogP contribution in [0.4, 0.5) is 0 Å². The van der Waals surface area contributed by atoms with Gasteiger partial charge in [0.25, 0.3) is 0 Å². The van der Waals surface area contributed by atoms with Gasteiger partial charge in [-0.15, -0.1) is 0 Å². The van der Waals surface area contributed by atoms with Gasteiger partial charge < -0.3 is 10.2 Å². The third-order valence-electron chi connectivity index (χ3n) is 3.08. The van der Waals surface area contributed by atoms with Crippen molar-refractivity contribution >= 4 is 0 Å². The highest BCUT2D eigenvalue weighted by atomic mass is 15.1. The van der Waals surface area contributed by atoms with E-state index in [1.165, 1.54) is 12.0 Å². The maximum absolute atomic E-state index is 3.55. The molecule has 0 saturated heterocycles. The molecule has 0 aliphatic rings. The van der Waals surface area contributed by atoms with Crippen LogP contribution >= 0.6 is 0 Å². The highest BCUT2D eigenvalue weighted by Crippen LogP contribution is 2.23. The molecule has 0 amide bonds. The van der Waals surface area contributed by atoms with Crippen molar-refractivity contribution in [1.82, 2.24) is 10.2 Å². The van der Waals surface area contributed by atoms with Crippen molar-refractivity contribution in [3.63, 3.8) is 0 Å². The molecule has 0 radical (unpaired) electrons. The van der Waals surface area contributed by atoms with Crippen molar-refractivity contribution in [2.24, 2.45) is 0 Å². The van der Waals surface area contributed by atoms with Crippen molar-refractivity contribution in [2.45, 2.75) is 25.7 Å². The van der Waals surface area contributed by atoms with Crippen LogP contribution < -0.4 is 5.32 Å². The molecule has 0 aliphatic heterocycles. The number of likely N-dealkylation sites (N-methyl/N-ethyl adjacent to an activating group) is 1. The topological polar surface area (TPSA) is 15.3 Å². The molecular formula is C15H26N2. The zero-order valence-electron chi connectivity index (χ0n) is 11.7. The van der Waals surface area contributed by atoms with E-state index in [-0.39, 0.29) is 5.41 Å². The Morgan fingerprint density at radius 3 is 2.35 bits per heavy atom. The Balaban J connectivity index is 2.78. The Kier molecular flexibility index (Phi) is 5.66. The summed E-state index contributed by atoms with van der Waals surface area (Å²) in [5.41, 5.74) is 1.59. The molecule has 1 N–H and O–H groups in total. The average Bonchev–Trinajstić information content (AvgIpc) is 2.29. The van der Waals surface area contributed by atoms with E-state index in [0.29, 0.717) is 0 Å². The molecule has 0 heterocycles. The van der Waals surface area contributed by atoms with E-state index in [4.69, 9.17) is 0 Å². The number of rotatable bonds is 7. The van der Waals surface area contributed by atoms with E-state index < -0.39 is 0 Å². The highest BCUT2D eigenvalue weighted by Gasteiger charge is 2.26. The van der Waals surface area contributed by atoms with Crippen LogP contribution in [0.2, 0.25) is 0 Å². The molecular weight excluding hydrogens is 208 g/mol. The van der Waals surface area contributed by atoms with E-state index in [1.807, 2.05) is 0 Å². The minimum absolute atomic E-state index is 0.180. The molecule has 1 aromatic carbocycles. The molecule has 0 fully saturated rings. The first-order valence-electron chi connectivity index (χ1n) is 6.49. The van der Waals surface area contributed by atoms with Crippen LogP contribution in [-0.4, -0.2) is 38.6 Å². The summed E-state index contributed by atoms with van der Waals surface area (Å²) in [6.45, 7) is 7.73. The first-order valence-corrected chi connectivity index (χ1v) is 6.49. The van der Waals surface area contributed by atoms with Gasteiger partial charge in [-0.1, -0.05) is 44.2 Å². The normalized spacial score (nSPS) is 14.9. The standard InChI is InChI=1S/C15H26N2/c1-5-11-16-12-15(2,13-17(3)4)14-9-7-6-8-10-14/h6-10,16H,5,11-13H2,1-4H3. The molecule has 1 aromatic rings. The minimum Gasteiger partial charge on any atom is -0.316 e. The quantitative estimate of drug-likeness (QED) is 0.729. The molecule has 1 atom stereocenters. The smallest absolute Gasteiger partial charge is 0.0176 e. The van der Waals surface area contributed by atoms with Crippen molar-refractivity contribution in [1.29, 1.82) is 0 Å². The fourth-order valence-electron chi connectivity index (χ4n) is 2.33. The van der Waals surface area contributed by atoms with E-state index in [2.05, 4.69) is 68.5 Å². The molecule has 2 heteroatoms. The maximum atomic E-state index is 3.55. The lowest BCUT2D eigenvalue weighted by Crippen LogP contribution is -2.43. The summed E-state index contributed by atoms with van der Waals surface area (Å²) in [5.74, 6) is 0. The lowest BCUT2D eigenvalue weighted by Gasteiger charge is -2.33. The van der Waals surface area contributed by atoms with Gasteiger partial charge in [0.2, 0.25) is 0 Å². The van der Waals surface area contributed by atoms with Gasteiger partial charge in [0.1, 0.15) is 0 Å². The Morgan fingerprint density at radius 2 is 1.82 bits per heavy atom. The SMILES string of the molecule is CCCNCC(C)(CN(C)C)c1ccccc1. The maximum Gasteiger partial charge on any atom is 0.0176 e. The zero-order chi connectivity index (χ0) is 12.7. The Bertz CT molecular complexity index is 308. The molecule has 96 valence electrons. The van der Waals surface area contributed by atoms with Gasteiger partial charge in [-0.3, -0.25) is 0 Å². The van der Waals surface area contributed by atoms with E-state index in [0.717, 1.165) is 19.6 Å². The van der Waals surface area contributed by atoms with Gasteiger partial charge in [0.05, 0.1) is 0 Å². The van der Waals surface area contributed by atoms with Crippen LogP contribution in [-0.2, 0) is 5.41 Å². The number of nitrogens with zero attached hydrogens (tertiary/aromatic N) is 1. The summed E-state index contributed by atoms with van der Waals surface area (Å²) in [6, 6.07) is 10.8. The van der Waals surface area contributed by atoms with E-state index >= 15 is 0 Å². The number of hydrogen-bond acceptors (Lipinski definition) is 2. The highest BCUT2D eigenvalue weighted by molar-refractivity contribution is 5.25. The number of hydrogen-bond donors (Lipinski definition) is 1. The van der Waals surface area contributed by atoms with Crippen LogP contribution in [0, 0.1) is 0 Å². The van der Waals surface area contributed by atoms with Crippen molar-refractivity contribution < 1.29 is 0 Å². The Labute approximate surface area is 106 Å². The van der Waals surface area contributed by atoms with Crippen LogP contribution in [0.3, 0.4) is 0 Å². The second-order valence-electron chi connectivity index (χ2n) is 5.34. The Morgan fingerprint density at radius 1 is 1.18 bits per heavy atom. The summed E-state index contributed by atoms with van der Waals surface area (Å²) in [7, 11) is 4.28. The molecule has 0 saturated carbocycles. The van der Waals surface area contributed by atoms with Crippen molar-refractivity contribution in [3.8, 4) is 0 Å². The zero-order valence-corrected chi connectivity index (χ0v) is 11.7. The summed E-state index contributed by atoms with van der Waals surface area (Å²) in [4.78, 5) is 2.26. The largest absolute Gasteiger partial charge is 0.316 e. The minimum atomic E-state index is 0.180. The molecule has 0 aliphatic carbocycles. The molecule has 0 spiro atoms. The lowest BCUT2D eigenvalue weighted by molar-refractivity contribution is 0.288. The molecule has 0 aromatic heterocycles. The average molecular weight is 234 g/mol. The van der Waals surface area contributed by atoms with Crippen molar-refractivity contribution in [2.75, 3.05) is 33.7 Å². The first-order chi connectivity index (χ1) is 8.08. The second-order valence-corrected chi connectivity index (χ2v) is 5.34. The lowest BCUT2D eigenvalue weighted by atomic mass is 9.82. The van der Waals surface area contributed by atoms with Crippen LogP contribution in [0.1, 0.15) is 25.8 Å². The van der Waals surface area contributed by atoms with Crippen LogP contribution in [0.5, 0.6) is 0 Å². The van der Waals surface area contributed by atoms with Gasteiger partial charge >= 0.3 is 0 Å². The molecule has 1 rings (SSSR count). The fraction of sp³-hybridized carbons (Fsp3) is 0.600. The van der Waals surface area contributed by atoms with E-state index in [9.17, 15) is 0 Å². The number of benzene rings is 1. The predicted molar refractivity (Wildman–Crippen MR) is 75.5 cm³/mol. The summed E-state index contributed by atoms with van der Waals surface area (Å²) >= 11 is 0. The molecule has 1 unspecified atom stereocenters. The van der Waals surface area contributed by atoms with Gasteiger partial charge in [-0.25, -0.2) is 0 Å². The van der Waals surface area contributed by atoms with Gasteiger partial charge in [-0.2, -0.15) is 0 Å². The Hall–Kier alpha value is -0.860. The van der Waals surface area contributed by atoms with Crippen LogP contribution in [0.25, 0.3) is 0 Å². The van der Waals surface area contributed by atoms with Gasteiger partial charge in [0.15, 0.2) is 0 Å². The monoisotopic (exact) mass is 234 g/mol. The molecule has 17 heavy (non-hydrogen) atoms. The van der Waals surface area contributed by atoms with E-state index in [1.54, 1.807) is 0 Å². The third-order valence-corrected chi connectivity index (χ3v) is 3.08. The number of nitrogens with one attached hydrogen (secondary N) is 1. The van der Waals surface area contributed by atoms with Gasteiger partial charge in [-0.05, 0) is 32.6 Å². The summed E-state index contributed by atoms with van der Waals surface area (Å²) in [6.07, 6.45) is 1.19. The van der Waals surface area contributed by atoms with Crippen molar-refractivity contribution in [3.05, 3.63) is 35.9 Å². The summed E-state index contributed by atoms with van der Waals surface area (Å²) in [5, 5.41) is 3.55. The third kappa shape index (κ3) is 4.49. The predicted octanol–water partition coefficient (Wildman–Crippen LogP) is 2.51. The van der Waals surface area contributed by atoms with Gasteiger partial charge in [0, 0.05) is 18.5 Å². The summed E-state index contributed by atoms with van der Waals surface area (Å²) < 4.78 is 0. The molecule has 2 nitrogen and oxygen atoms in total. The second kappa shape index (κ2) is 6.77. The van der Waals surface area contributed by atoms with Crippen LogP contribution in [0.15, 0.2) is 30.3 Å². The first kappa shape index (κ1) is 14.2. The fourth-order valence-corrected chi connectivity index (χ4v) is 2.33.